The van der Waals surface area contributed by atoms with Crippen molar-refractivity contribution in [1.29, 1.82) is 0 Å². The van der Waals surface area contributed by atoms with Crippen LogP contribution in [-0.2, 0) is 14.6 Å². The van der Waals surface area contributed by atoms with Gasteiger partial charge in [0.2, 0.25) is 0 Å². The summed E-state index contributed by atoms with van der Waals surface area (Å²) in [5.41, 5.74) is -1.14. The third-order valence-electron chi connectivity index (χ3n) is 2.65. The highest BCUT2D eigenvalue weighted by atomic mass is 32.2. The lowest BCUT2D eigenvalue weighted by Gasteiger charge is -2.20. The number of carboxylic acids is 1. The van der Waals surface area contributed by atoms with E-state index in [0.717, 1.165) is 6.26 Å². The minimum atomic E-state index is -3.14. The second-order valence-corrected chi connectivity index (χ2v) is 6.63. The van der Waals surface area contributed by atoms with Crippen LogP contribution in [0.2, 0.25) is 0 Å². The fourth-order valence-corrected chi connectivity index (χ4v) is 1.83. The van der Waals surface area contributed by atoms with Crippen molar-refractivity contribution in [2.45, 2.75) is 18.4 Å². The number of carboxylic acid groups (broad SMARTS) is 1. The Morgan fingerprint density at radius 2 is 1.94 bits per heavy atom. The largest absolute Gasteiger partial charge is 0.480 e. The highest BCUT2D eigenvalue weighted by Crippen LogP contribution is 2.35. The van der Waals surface area contributed by atoms with E-state index in [4.69, 9.17) is 5.11 Å². The molecule has 0 aliphatic heterocycles. The molecule has 0 saturated heterocycles. The van der Waals surface area contributed by atoms with Crippen molar-refractivity contribution in [2.75, 3.05) is 25.6 Å². The molecule has 0 heterocycles. The third kappa shape index (κ3) is 3.88. The summed E-state index contributed by atoms with van der Waals surface area (Å²) in [6, 6.07) is -0.562. The van der Waals surface area contributed by atoms with Crippen LogP contribution >= 0.6 is 0 Å². The molecule has 0 aromatic rings. The van der Waals surface area contributed by atoms with Gasteiger partial charge in [-0.25, -0.2) is 18.0 Å². The van der Waals surface area contributed by atoms with Gasteiger partial charge in [0, 0.05) is 19.8 Å². The van der Waals surface area contributed by atoms with E-state index >= 15 is 0 Å². The molecule has 1 aliphatic carbocycles. The molecule has 17 heavy (non-hydrogen) atoms. The molecule has 0 unspecified atom stereocenters. The number of nitrogens with one attached hydrogen (secondary N) is 1. The van der Waals surface area contributed by atoms with E-state index in [9.17, 15) is 18.0 Å². The van der Waals surface area contributed by atoms with Crippen molar-refractivity contribution in [1.82, 2.24) is 10.2 Å². The third-order valence-corrected chi connectivity index (χ3v) is 3.57. The molecular formula is C9H16N2O5S. The predicted molar refractivity (Wildman–Crippen MR) is 60.5 cm³/mol. The summed E-state index contributed by atoms with van der Waals surface area (Å²) in [6.07, 6.45) is 1.90. The molecule has 0 bridgehead atoms. The fraction of sp³-hybridized carbons (Fsp3) is 0.778. The number of rotatable bonds is 5. The first-order valence-electron chi connectivity index (χ1n) is 5.11. The summed E-state index contributed by atoms with van der Waals surface area (Å²) in [6.45, 7) is 0.0420. The molecule has 98 valence electrons. The number of nitrogens with zero attached hydrogens (tertiary/aromatic N) is 1. The summed E-state index contributed by atoms with van der Waals surface area (Å²) in [4.78, 5) is 23.6. The molecule has 2 N–H and O–H groups in total. The Morgan fingerprint density at radius 3 is 2.29 bits per heavy atom. The highest BCUT2D eigenvalue weighted by molar-refractivity contribution is 7.90. The number of aliphatic carboxylic acids is 1. The first kappa shape index (κ1) is 13.8. The number of carbonyl (C=O) groups is 2. The maximum absolute atomic E-state index is 11.6. The Bertz CT molecular complexity index is 427. The first-order chi connectivity index (χ1) is 7.66. The van der Waals surface area contributed by atoms with Crippen LogP contribution in [0.5, 0.6) is 0 Å². The molecule has 0 atom stereocenters. The monoisotopic (exact) mass is 264 g/mol. The predicted octanol–water partition coefficient (Wildman–Crippen LogP) is -0.710. The molecule has 1 saturated carbocycles. The van der Waals surface area contributed by atoms with Crippen molar-refractivity contribution in [3.05, 3.63) is 0 Å². The Balaban J connectivity index is 2.46. The molecule has 8 heteroatoms. The number of hydrogen-bond acceptors (Lipinski definition) is 4. The summed E-state index contributed by atoms with van der Waals surface area (Å²) in [5.74, 6) is -1.20. The number of carbonyl (C=O) groups excluding carboxylic acids is 1. The van der Waals surface area contributed by atoms with Crippen molar-refractivity contribution >= 4 is 21.8 Å². The Labute approximate surface area is 99.7 Å². The minimum absolute atomic E-state index is 0.0420. The van der Waals surface area contributed by atoms with E-state index in [1.165, 1.54) is 11.9 Å². The van der Waals surface area contributed by atoms with Gasteiger partial charge in [0.05, 0.1) is 5.75 Å². The van der Waals surface area contributed by atoms with Gasteiger partial charge in [-0.15, -0.1) is 0 Å². The van der Waals surface area contributed by atoms with Crippen LogP contribution in [0, 0.1) is 0 Å². The van der Waals surface area contributed by atoms with Gasteiger partial charge in [0.25, 0.3) is 0 Å². The van der Waals surface area contributed by atoms with Crippen LogP contribution in [0.3, 0.4) is 0 Å². The summed E-state index contributed by atoms with van der Waals surface area (Å²) in [7, 11) is -1.71. The van der Waals surface area contributed by atoms with E-state index < -0.39 is 27.4 Å². The number of hydrogen-bond donors (Lipinski definition) is 2. The molecule has 0 radical (unpaired) electrons. The number of amides is 2. The zero-order valence-corrected chi connectivity index (χ0v) is 10.6. The highest BCUT2D eigenvalue weighted by Gasteiger charge is 2.52. The molecule has 7 nitrogen and oxygen atoms in total. The zero-order chi connectivity index (χ0) is 13.3. The topological polar surface area (TPSA) is 104 Å². The Kier molecular flexibility index (Phi) is 3.65. The van der Waals surface area contributed by atoms with Crippen LogP contribution in [-0.4, -0.2) is 61.6 Å². The molecular weight excluding hydrogens is 248 g/mol. The lowest BCUT2D eigenvalue weighted by Crippen LogP contribution is -2.49. The molecule has 0 spiro atoms. The molecule has 1 rings (SSSR count). The average Bonchev–Trinajstić information content (AvgIpc) is 2.94. The summed E-state index contributed by atoms with van der Waals surface area (Å²) < 4.78 is 21.8. The van der Waals surface area contributed by atoms with Gasteiger partial charge in [-0.1, -0.05) is 0 Å². The van der Waals surface area contributed by atoms with Crippen LogP contribution < -0.4 is 5.32 Å². The normalized spacial score (nSPS) is 17.3. The molecule has 2 amide bonds. The van der Waals surface area contributed by atoms with Crippen molar-refractivity contribution in [3.8, 4) is 0 Å². The van der Waals surface area contributed by atoms with E-state index in [0.29, 0.717) is 12.8 Å². The van der Waals surface area contributed by atoms with Crippen LogP contribution in [0.1, 0.15) is 12.8 Å². The first-order valence-corrected chi connectivity index (χ1v) is 7.17. The van der Waals surface area contributed by atoms with E-state index in [1.54, 1.807) is 0 Å². The second kappa shape index (κ2) is 4.52. The van der Waals surface area contributed by atoms with Gasteiger partial charge in [-0.2, -0.15) is 0 Å². The van der Waals surface area contributed by atoms with Crippen molar-refractivity contribution < 1.29 is 23.1 Å². The van der Waals surface area contributed by atoms with E-state index in [1.807, 2.05) is 0 Å². The number of urea groups is 1. The quantitative estimate of drug-likeness (QED) is 0.682. The molecule has 0 aromatic carbocycles. The summed E-state index contributed by atoms with van der Waals surface area (Å²) >= 11 is 0. The van der Waals surface area contributed by atoms with Gasteiger partial charge < -0.3 is 15.3 Å². The lowest BCUT2D eigenvalue weighted by atomic mass is 10.3. The van der Waals surface area contributed by atoms with Crippen molar-refractivity contribution in [3.63, 3.8) is 0 Å². The number of sulfone groups is 1. The van der Waals surface area contributed by atoms with Crippen LogP contribution in [0.4, 0.5) is 4.79 Å². The molecule has 1 aliphatic rings. The van der Waals surface area contributed by atoms with E-state index in [2.05, 4.69) is 5.32 Å². The smallest absolute Gasteiger partial charge is 0.329 e. The van der Waals surface area contributed by atoms with Gasteiger partial charge >= 0.3 is 12.0 Å². The van der Waals surface area contributed by atoms with Gasteiger partial charge in [0.1, 0.15) is 15.4 Å². The fourth-order valence-electron chi connectivity index (χ4n) is 1.22. The Hall–Kier alpha value is -1.31. The SMILES string of the molecule is CN(CCS(C)(=O)=O)C(=O)NC1(C(=O)O)CC1. The zero-order valence-electron chi connectivity index (χ0n) is 9.76. The second-order valence-electron chi connectivity index (χ2n) is 4.37. The van der Waals surface area contributed by atoms with Gasteiger partial charge in [-0.05, 0) is 12.8 Å². The lowest BCUT2D eigenvalue weighted by molar-refractivity contribution is -0.140. The summed E-state index contributed by atoms with van der Waals surface area (Å²) in [5, 5.41) is 11.3. The van der Waals surface area contributed by atoms with Gasteiger partial charge in [0.15, 0.2) is 0 Å². The van der Waals surface area contributed by atoms with E-state index in [-0.39, 0.29) is 12.3 Å². The van der Waals surface area contributed by atoms with Crippen LogP contribution in [0.15, 0.2) is 0 Å². The van der Waals surface area contributed by atoms with Crippen LogP contribution in [0.25, 0.3) is 0 Å². The minimum Gasteiger partial charge on any atom is -0.480 e. The Morgan fingerprint density at radius 1 is 1.41 bits per heavy atom. The molecule has 0 aromatic heterocycles. The standard InChI is InChI=1S/C9H16N2O5S/c1-11(5-6-17(2,15)16)8(14)10-9(3-4-9)7(12)13/h3-6H2,1-2H3,(H,10,14)(H,12,13). The maximum Gasteiger partial charge on any atom is 0.329 e. The van der Waals surface area contributed by atoms with Gasteiger partial charge in [-0.3, -0.25) is 0 Å². The maximum atomic E-state index is 11.6. The molecule has 1 fully saturated rings. The van der Waals surface area contributed by atoms with Crippen molar-refractivity contribution in [2.24, 2.45) is 0 Å². The average molecular weight is 264 g/mol.